The second kappa shape index (κ2) is 9.92. The molecule has 8 saturated carbocycles. The Kier molecular flexibility index (Phi) is 6.71. The van der Waals surface area contributed by atoms with Crippen molar-refractivity contribution in [2.45, 2.75) is 157 Å². The molecule has 0 amide bonds. The van der Waals surface area contributed by atoms with Gasteiger partial charge in [-0.15, -0.1) is 0 Å². The summed E-state index contributed by atoms with van der Waals surface area (Å²) in [5.74, 6) is 7.70. The zero-order chi connectivity index (χ0) is 35.1. The minimum atomic E-state index is -2.54. The van der Waals surface area contributed by atoms with Crippen molar-refractivity contribution in [2.75, 3.05) is 0 Å². The smallest absolute Gasteiger partial charge is 0.189 e. The van der Waals surface area contributed by atoms with Crippen LogP contribution in [0.15, 0.2) is 60.7 Å². The fraction of sp³-hybridized carbons (Fsp3) is 0.733. The molecule has 3 heterocycles. The molecule has 0 aromatic heterocycles. The Morgan fingerprint density at radius 3 is 1.12 bits per heavy atom. The van der Waals surface area contributed by atoms with Gasteiger partial charge in [0.05, 0.1) is 20.4 Å². The van der Waals surface area contributed by atoms with E-state index in [9.17, 15) is 4.43 Å². The van der Waals surface area contributed by atoms with Crippen molar-refractivity contribution in [3.05, 3.63) is 71.8 Å². The Balaban J connectivity index is 1.46. The maximum absolute atomic E-state index is 9.52. The molecule has 3 saturated heterocycles. The van der Waals surface area contributed by atoms with E-state index in [0.717, 1.165) is 47.3 Å². The van der Waals surface area contributed by atoms with Crippen molar-refractivity contribution < 1.29 is 4.43 Å². The normalized spacial score (nSPS) is 46.6. The molecule has 2 aromatic carbocycles. The molecule has 11 aliphatic rings. The molecule has 13 rings (SSSR count). The molecule has 0 unspecified atom stereocenters. The van der Waals surface area contributed by atoms with Gasteiger partial charge in [0.2, 0.25) is 0 Å². The number of fused-ring (bicyclic) bond motifs is 1. The zero-order valence-corrected chi connectivity index (χ0v) is 37.4. The van der Waals surface area contributed by atoms with Gasteiger partial charge in [0.25, 0.3) is 0 Å². The lowest BCUT2D eigenvalue weighted by Crippen LogP contribution is -3.02. The first-order chi connectivity index (χ1) is 23.5. The van der Waals surface area contributed by atoms with Crippen LogP contribution in [0, 0.1) is 47.3 Å². The summed E-state index contributed by atoms with van der Waals surface area (Å²) in [7, 11) is -9.24. The highest BCUT2D eigenvalue weighted by Gasteiger charge is 3.09. The van der Waals surface area contributed by atoms with Gasteiger partial charge in [-0.3, -0.25) is 0 Å². The minimum absolute atomic E-state index is 0.231. The third-order valence-electron chi connectivity index (χ3n) is 20.0. The highest BCUT2D eigenvalue weighted by atomic mass is 29.3. The van der Waals surface area contributed by atoms with E-state index >= 15 is 0 Å². The van der Waals surface area contributed by atoms with Crippen LogP contribution >= 0.6 is 0 Å². The Hall–Kier alpha value is -0.732. The van der Waals surface area contributed by atoms with Crippen molar-refractivity contribution in [2.24, 2.45) is 47.3 Å². The van der Waals surface area contributed by atoms with E-state index in [1.807, 2.05) is 0 Å². The maximum atomic E-state index is 9.52. The van der Waals surface area contributed by atoms with Crippen LogP contribution in [0.1, 0.15) is 117 Å². The van der Waals surface area contributed by atoms with Gasteiger partial charge in [0, 0.05) is 0 Å². The summed E-state index contributed by atoms with van der Waals surface area (Å²) in [6.45, 7) is 28.6. The molecule has 2 aromatic rings. The monoisotopic (exact) mass is 736 g/mol. The van der Waals surface area contributed by atoms with Crippen LogP contribution < -0.4 is 0 Å². The summed E-state index contributed by atoms with van der Waals surface area (Å²) in [4.78, 5) is 0. The molecule has 3 aliphatic heterocycles. The van der Waals surface area contributed by atoms with Crippen LogP contribution in [0.2, 0.25) is 45.6 Å². The van der Waals surface area contributed by atoms with Crippen LogP contribution in [-0.4, -0.2) is 30.6 Å². The highest BCUT2D eigenvalue weighted by Crippen LogP contribution is 3.02. The second-order valence-electron chi connectivity index (χ2n) is 23.0. The van der Waals surface area contributed by atoms with Gasteiger partial charge in [-0.2, -0.15) is 0 Å². The van der Waals surface area contributed by atoms with Gasteiger partial charge >= 0.3 is 0 Å². The number of hydrogen-bond donors (Lipinski definition) is 0. The summed E-state index contributed by atoms with van der Waals surface area (Å²) in [5, 5.41) is 0.407. The van der Waals surface area contributed by atoms with Crippen molar-refractivity contribution in [3.63, 3.8) is 0 Å². The lowest BCUT2D eigenvalue weighted by atomic mass is 9.54. The van der Waals surface area contributed by atoms with Crippen LogP contribution in [0.5, 0.6) is 0 Å². The first-order valence-electron chi connectivity index (χ1n) is 21.3. The van der Waals surface area contributed by atoms with Crippen LogP contribution in [0.3, 0.4) is 0 Å². The third kappa shape index (κ3) is 3.18. The Morgan fingerprint density at radius 1 is 0.500 bits per heavy atom. The largest absolute Gasteiger partial charge is 0.409 e. The lowest BCUT2D eigenvalue weighted by molar-refractivity contribution is -0.0459. The van der Waals surface area contributed by atoms with Crippen molar-refractivity contribution in [1.82, 2.24) is 0 Å². The SMILES string of the molecule is CC(C)(C)[Si](C)(C)[Si]12OC(c3ccccc3)(c3ccccc3)[Si]([Si](C)(C)C(C)(C)C)(C13C1CC4CC(C1)CC3C4)C21C2CC3CC(C2)CC1C3. The Labute approximate surface area is 309 Å². The molecule has 5 heteroatoms. The van der Waals surface area contributed by atoms with Gasteiger partial charge in [-0.05, 0) is 142 Å². The minimum Gasteiger partial charge on any atom is -0.409 e. The number of rotatable bonds is 4. The lowest BCUT2D eigenvalue weighted by Gasteiger charge is -2.92. The molecule has 2 spiro atoms. The van der Waals surface area contributed by atoms with Crippen LogP contribution in [0.25, 0.3) is 0 Å². The predicted molar refractivity (Wildman–Crippen MR) is 220 cm³/mol. The topological polar surface area (TPSA) is 9.23 Å². The Morgan fingerprint density at radius 2 is 0.820 bits per heavy atom. The van der Waals surface area contributed by atoms with Gasteiger partial charge < -0.3 is 4.43 Å². The molecule has 10 bridgehead atoms. The molecule has 0 radical (unpaired) electrons. The molecule has 0 atom stereocenters. The molecular formula is C45H68OSi4. The molecule has 0 N–H and O–H groups in total. The summed E-state index contributed by atoms with van der Waals surface area (Å²) in [6, 6.07) is 24.8. The van der Waals surface area contributed by atoms with Crippen LogP contribution in [-0.2, 0) is 9.65 Å². The first-order valence-corrected chi connectivity index (χ1v) is 33.2. The predicted octanol–water partition coefficient (Wildman–Crippen LogP) is 12.6. The molecule has 11 fully saturated rings. The van der Waals surface area contributed by atoms with Gasteiger partial charge in [-0.25, -0.2) is 0 Å². The van der Waals surface area contributed by atoms with E-state index in [0.29, 0.717) is 19.4 Å². The summed E-state index contributed by atoms with van der Waals surface area (Å²) < 4.78 is 10.5. The average Bonchev–Trinajstić information content (AvgIpc) is 3.48. The fourth-order valence-corrected chi connectivity index (χ4v) is 94.7. The number of hydrogen-bond acceptors (Lipinski definition) is 1. The number of benzene rings is 2. The van der Waals surface area contributed by atoms with Gasteiger partial charge in [-0.1, -0.05) is 128 Å². The summed E-state index contributed by atoms with van der Waals surface area (Å²) >= 11 is 0. The highest BCUT2D eigenvalue weighted by molar-refractivity contribution is 7.66. The molecular weight excluding hydrogens is 669 g/mol. The van der Waals surface area contributed by atoms with Gasteiger partial charge in [0.15, 0.2) is 7.83 Å². The van der Waals surface area contributed by atoms with Gasteiger partial charge in [0.1, 0.15) is 7.59 Å². The van der Waals surface area contributed by atoms with Crippen LogP contribution in [0.4, 0.5) is 0 Å². The third-order valence-corrected chi connectivity index (χ3v) is 70.9. The molecule has 1 nitrogen and oxygen atoms in total. The summed E-state index contributed by atoms with van der Waals surface area (Å²) in [5.41, 5.74) is 3.21. The van der Waals surface area contributed by atoms with E-state index in [1.54, 1.807) is 75.3 Å². The fourth-order valence-electron chi connectivity index (χ4n) is 18.2. The standard InChI is InChI=1S/C45H68OSi4/c1-41(2,3)47(7,8)49-43(35-17-13-11-14-18-35,36-19-15-12-16-20-36)46-50(48(9,10)42(4,5)6,44(49)37-23-31-21-32(25-37)26-38(44)24-31)45(49)39-27-33-22-34(29-39)30-40(45)28-33/h11-20,31-34,37-40H,21-30H2,1-10H3. The molecule has 8 aliphatic carbocycles. The molecule has 50 heavy (non-hydrogen) atoms. The van der Waals surface area contributed by atoms with E-state index in [4.69, 9.17) is 0 Å². The summed E-state index contributed by atoms with van der Waals surface area (Å²) in [6.07, 6.45) is 15.5. The van der Waals surface area contributed by atoms with Crippen molar-refractivity contribution in [1.29, 1.82) is 0 Å². The van der Waals surface area contributed by atoms with E-state index < -0.39 is 30.6 Å². The maximum Gasteiger partial charge on any atom is 0.189 e. The average molecular weight is 737 g/mol. The van der Waals surface area contributed by atoms with Crippen molar-refractivity contribution in [3.8, 4) is 0 Å². The first kappa shape index (κ1) is 33.8. The van der Waals surface area contributed by atoms with E-state index in [1.165, 1.54) is 0 Å². The molecule has 270 valence electrons. The van der Waals surface area contributed by atoms with E-state index in [-0.39, 0.29) is 5.22 Å². The van der Waals surface area contributed by atoms with E-state index in [2.05, 4.69) is 128 Å². The second-order valence-corrected chi connectivity index (χ2v) is 52.5. The zero-order valence-electron chi connectivity index (χ0n) is 33.4. The van der Waals surface area contributed by atoms with Crippen molar-refractivity contribution >= 4 is 30.6 Å². The Bertz CT molecular complexity index is 1550. The quantitative estimate of drug-likeness (QED) is 0.284.